The van der Waals surface area contributed by atoms with E-state index in [4.69, 9.17) is 14.5 Å². The van der Waals surface area contributed by atoms with Gasteiger partial charge in [-0.15, -0.1) is 0 Å². The zero-order valence-electron chi connectivity index (χ0n) is 14.3. The first kappa shape index (κ1) is 15.7. The molecule has 1 aromatic carbocycles. The summed E-state index contributed by atoms with van der Waals surface area (Å²) in [6, 6.07) is 4.41. The fourth-order valence-corrected chi connectivity index (χ4v) is 3.64. The molecule has 0 amide bonds. The Morgan fingerprint density at radius 1 is 1.29 bits per heavy atom. The van der Waals surface area contributed by atoms with Crippen molar-refractivity contribution >= 4 is 16.6 Å². The minimum atomic E-state index is 0.666. The van der Waals surface area contributed by atoms with Crippen LogP contribution in [-0.4, -0.2) is 49.3 Å². The van der Waals surface area contributed by atoms with Gasteiger partial charge in [-0.2, -0.15) is 0 Å². The standard InChI is InChI=1S/C19H25N3O2/c1-2-24-17-11-14(13-22-6-8-23-9-7-22)10-16-18(17)19-15(12-21-16)4-3-5-20-19/h10-12,20H,2-9,13H2,1H3. The van der Waals surface area contributed by atoms with E-state index < -0.39 is 0 Å². The second-order valence-corrected chi connectivity index (χ2v) is 6.50. The topological polar surface area (TPSA) is 46.6 Å². The van der Waals surface area contributed by atoms with Crippen molar-refractivity contribution in [2.24, 2.45) is 0 Å². The lowest BCUT2D eigenvalue weighted by molar-refractivity contribution is 0.0342. The SMILES string of the molecule is CCOc1cc(CN2CCOCC2)cc2ncc3c(c12)NCCC3. The maximum atomic E-state index is 5.99. The molecule has 0 atom stereocenters. The third-order valence-electron chi connectivity index (χ3n) is 4.81. The maximum absolute atomic E-state index is 5.99. The van der Waals surface area contributed by atoms with Crippen molar-refractivity contribution in [2.45, 2.75) is 26.3 Å². The van der Waals surface area contributed by atoms with Gasteiger partial charge in [-0.1, -0.05) is 0 Å². The predicted molar refractivity (Wildman–Crippen MR) is 95.8 cm³/mol. The molecule has 0 bridgehead atoms. The van der Waals surface area contributed by atoms with Crippen LogP contribution in [0.4, 0.5) is 5.69 Å². The molecule has 2 aliphatic rings. The normalized spacial score (nSPS) is 18.2. The fourth-order valence-electron chi connectivity index (χ4n) is 3.64. The monoisotopic (exact) mass is 327 g/mol. The number of nitrogens with one attached hydrogen (secondary N) is 1. The maximum Gasteiger partial charge on any atom is 0.131 e. The largest absolute Gasteiger partial charge is 0.493 e. The lowest BCUT2D eigenvalue weighted by atomic mass is 10.00. The number of pyridine rings is 1. The van der Waals surface area contributed by atoms with E-state index in [2.05, 4.69) is 22.3 Å². The highest BCUT2D eigenvalue weighted by Gasteiger charge is 2.18. The van der Waals surface area contributed by atoms with E-state index in [9.17, 15) is 0 Å². The smallest absolute Gasteiger partial charge is 0.131 e. The van der Waals surface area contributed by atoms with Crippen LogP contribution >= 0.6 is 0 Å². The number of aromatic nitrogens is 1. The van der Waals surface area contributed by atoms with Crippen LogP contribution in [0.1, 0.15) is 24.5 Å². The molecule has 1 fully saturated rings. The number of fused-ring (bicyclic) bond motifs is 3. The van der Waals surface area contributed by atoms with Gasteiger partial charge >= 0.3 is 0 Å². The van der Waals surface area contributed by atoms with Gasteiger partial charge in [-0.05, 0) is 43.0 Å². The van der Waals surface area contributed by atoms with Gasteiger partial charge in [0.05, 0.1) is 36.4 Å². The molecule has 128 valence electrons. The fraction of sp³-hybridized carbons (Fsp3) is 0.526. The number of hydrogen-bond donors (Lipinski definition) is 1. The summed E-state index contributed by atoms with van der Waals surface area (Å²) in [5.74, 6) is 0.956. The van der Waals surface area contributed by atoms with Gasteiger partial charge in [0.25, 0.3) is 0 Å². The van der Waals surface area contributed by atoms with E-state index in [0.29, 0.717) is 6.61 Å². The van der Waals surface area contributed by atoms with Crippen LogP contribution in [0.5, 0.6) is 5.75 Å². The number of aryl methyl sites for hydroxylation is 1. The Hall–Kier alpha value is -1.85. The van der Waals surface area contributed by atoms with Gasteiger partial charge in [-0.25, -0.2) is 0 Å². The highest BCUT2D eigenvalue weighted by atomic mass is 16.5. The average Bonchev–Trinajstić information content (AvgIpc) is 2.62. The van der Waals surface area contributed by atoms with E-state index in [1.807, 2.05) is 13.1 Å². The molecule has 3 heterocycles. The van der Waals surface area contributed by atoms with Gasteiger partial charge < -0.3 is 14.8 Å². The molecule has 5 heteroatoms. The van der Waals surface area contributed by atoms with Crippen LogP contribution in [0.25, 0.3) is 10.9 Å². The Labute approximate surface area is 143 Å². The summed E-state index contributed by atoms with van der Waals surface area (Å²) >= 11 is 0. The first-order valence-corrected chi connectivity index (χ1v) is 8.96. The lowest BCUT2D eigenvalue weighted by Crippen LogP contribution is -2.35. The van der Waals surface area contributed by atoms with Crippen LogP contribution < -0.4 is 10.1 Å². The van der Waals surface area contributed by atoms with Crippen LogP contribution in [0.15, 0.2) is 18.3 Å². The van der Waals surface area contributed by atoms with Gasteiger partial charge in [0.15, 0.2) is 0 Å². The van der Waals surface area contributed by atoms with E-state index >= 15 is 0 Å². The second-order valence-electron chi connectivity index (χ2n) is 6.50. The Kier molecular flexibility index (Phi) is 4.54. The van der Waals surface area contributed by atoms with Crippen LogP contribution in [0.3, 0.4) is 0 Å². The predicted octanol–water partition coefficient (Wildman–Crippen LogP) is 2.82. The van der Waals surface area contributed by atoms with Gasteiger partial charge in [-0.3, -0.25) is 9.88 Å². The van der Waals surface area contributed by atoms with Crippen molar-refractivity contribution in [3.05, 3.63) is 29.5 Å². The molecule has 0 unspecified atom stereocenters. The van der Waals surface area contributed by atoms with Crippen LogP contribution in [0, 0.1) is 0 Å². The zero-order valence-corrected chi connectivity index (χ0v) is 14.3. The minimum Gasteiger partial charge on any atom is -0.493 e. The Morgan fingerprint density at radius 2 is 2.17 bits per heavy atom. The number of hydrogen-bond acceptors (Lipinski definition) is 5. The number of rotatable bonds is 4. The van der Waals surface area contributed by atoms with Crippen molar-refractivity contribution < 1.29 is 9.47 Å². The second kappa shape index (κ2) is 6.95. The summed E-state index contributed by atoms with van der Waals surface area (Å²) < 4.78 is 11.4. The van der Waals surface area contributed by atoms with Gasteiger partial charge in [0, 0.05) is 32.4 Å². The summed E-state index contributed by atoms with van der Waals surface area (Å²) in [6.07, 6.45) is 4.28. The first-order chi connectivity index (χ1) is 11.8. The molecular formula is C19H25N3O2. The highest BCUT2D eigenvalue weighted by Crippen LogP contribution is 2.37. The molecule has 0 spiro atoms. The molecule has 0 saturated carbocycles. The quantitative estimate of drug-likeness (QED) is 0.936. The molecule has 5 nitrogen and oxygen atoms in total. The van der Waals surface area contributed by atoms with Gasteiger partial charge in [0.2, 0.25) is 0 Å². The molecule has 1 saturated heterocycles. The van der Waals surface area contributed by atoms with Crippen LogP contribution in [-0.2, 0) is 17.7 Å². The van der Waals surface area contributed by atoms with Crippen molar-refractivity contribution in [1.29, 1.82) is 0 Å². The van der Waals surface area contributed by atoms with E-state index in [1.54, 1.807) is 0 Å². The summed E-state index contributed by atoms with van der Waals surface area (Å²) in [7, 11) is 0. The van der Waals surface area contributed by atoms with E-state index in [1.165, 1.54) is 23.2 Å². The number of ether oxygens (including phenoxy) is 2. The number of anilines is 1. The number of morpholine rings is 1. The van der Waals surface area contributed by atoms with Crippen molar-refractivity contribution in [3.63, 3.8) is 0 Å². The zero-order chi connectivity index (χ0) is 16.4. The third kappa shape index (κ3) is 3.06. The molecule has 24 heavy (non-hydrogen) atoms. The van der Waals surface area contributed by atoms with E-state index in [0.717, 1.165) is 62.5 Å². The summed E-state index contributed by atoms with van der Waals surface area (Å²) in [5, 5.41) is 4.70. The molecule has 1 N–H and O–H groups in total. The summed E-state index contributed by atoms with van der Waals surface area (Å²) in [6.45, 7) is 8.26. The van der Waals surface area contributed by atoms with E-state index in [-0.39, 0.29) is 0 Å². The summed E-state index contributed by atoms with van der Waals surface area (Å²) in [4.78, 5) is 7.16. The molecule has 1 aromatic heterocycles. The Balaban J connectivity index is 1.74. The van der Waals surface area contributed by atoms with Crippen molar-refractivity contribution in [2.75, 3.05) is 44.8 Å². The van der Waals surface area contributed by atoms with Crippen molar-refractivity contribution in [1.82, 2.24) is 9.88 Å². The Bertz CT molecular complexity index is 726. The molecular weight excluding hydrogens is 302 g/mol. The molecule has 2 aliphatic heterocycles. The minimum absolute atomic E-state index is 0.666. The van der Waals surface area contributed by atoms with Gasteiger partial charge in [0.1, 0.15) is 5.75 Å². The average molecular weight is 327 g/mol. The highest BCUT2D eigenvalue weighted by molar-refractivity contribution is 5.98. The Morgan fingerprint density at radius 3 is 3.00 bits per heavy atom. The number of nitrogens with zero attached hydrogens (tertiary/aromatic N) is 2. The number of benzene rings is 1. The van der Waals surface area contributed by atoms with Crippen molar-refractivity contribution in [3.8, 4) is 5.75 Å². The molecule has 2 aromatic rings. The lowest BCUT2D eigenvalue weighted by Gasteiger charge is -2.27. The third-order valence-corrected chi connectivity index (χ3v) is 4.81. The molecule has 0 aliphatic carbocycles. The molecule has 4 rings (SSSR count). The van der Waals surface area contributed by atoms with Crippen LogP contribution in [0.2, 0.25) is 0 Å². The summed E-state index contributed by atoms with van der Waals surface area (Å²) in [5.41, 5.74) is 4.80. The first-order valence-electron chi connectivity index (χ1n) is 8.96. The molecule has 0 radical (unpaired) electrons.